The third-order valence-electron chi connectivity index (χ3n) is 3.32. The molecule has 0 saturated carbocycles. The molecule has 0 spiro atoms. The van der Waals surface area contributed by atoms with Crippen LogP contribution >= 0.6 is 0 Å². The van der Waals surface area contributed by atoms with E-state index in [9.17, 15) is 13.2 Å². The standard InChI is InChI=1S/C12H21NOSi.C6H5NO4S/c1-15(2,3)10-9-14-11-13-12-7-5-4-6-8-12;8-4-5-2-1-3-7-6(5)12(9,10)11/h4-8,13H,9-11H2,1-3H3;1-4H,(H,9,10,11). The largest absolute Gasteiger partial charge is 0.363 e. The number of anilines is 1. The van der Waals surface area contributed by atoms with Crippen LogP contribution in [0.25, 0.3) is 0 Å². The predicted octanol–water partition coefficient (Wildman–Crippen LogP) is 3.55. The summed E-state index contributed by atoms with van der Waals surface area (Å²) >= 11 is 0. The van der Waals surface area contributed by atoms with Crippen LogP contribution in [0, 0.1) is 0 Å². The number of aromatic nitrogens is 1. The number of aldehydes is 1. The molecule has 0 amide bonds. The minimum Gasteiger partial charge on any atom is -0.363 e. The first-order valence-electron chi connectivity index (χ1n) is 8.38. The molecule has 0 bridgehead atoms. The lowest BCUT2D eigenvalue weighted by atomic mass is 10.3. The highest BCUT2D eigenvalue weighted by Crippen LogP contribution is 2.09. The van der Waals surface area contributed by atoms with Gasteiger partial charge in [0.15, 0.2) is 11.3 Å². The smallest absolute Gasteiger partial charge is 0.312 e. The van der Waals surface area contributed by atoms with E-state index in [2.05, 4.69) is 29.9 Å². The Morgan fingerprint density at radius 3 is 2.33 bits per heavy atom. The van der Waals surface area contributed by atoms with Crippen molar-refractivity contribution in [2.24, 2.45) is 0 Å². The third kappa shape index (κ3) is 9.99. The van der Waals surface area contributed by atoms with Crippen LogP contribution in [0.5, 0.6) is 0 Å². The minimum atomic E-state index is -4.39. The van der Waals surface area contributed by atoms with Crippen molar-refractivity contribution in [2.75, 3.05) is 18.7 Å². The quantitative estimate of drug-likeness (QED) is 0.225. The van der Waals surface area contributed by atoms with Gasteiger partial charge in [-0.2, -0.15) is 8.42 Å². The molecule has 0 atom stereocenters. The Bertz CT molecular complexity index is 808. The van der Waals surface area contributed by atoms with Gasteiger partial charge in [-0.15, -0.1) is 0 Å². The molecule has 0 fully saturated rings. The molecule has 0 aliphatic heterocycles. The SMILES string of the molecule is C[Si](C)(C)CCOCNc1ccccc1.O=Cc1cccnc1S(=O)(=O)O. The zero-order valence-electron chi connectivity index (χ0n) is 15.8. The zero-order chi connectivity index (χ0) is 20.3. The van der Waals surface area contributed by atoms with E-state index >= 15 is 0 Å². The van der Waals surface area contributed by atoms with Gasteiger partial charge >= 0.3 is 10.1 Å². The van der Waals surface area contributed by atoms with Gasteiger partial charge in [0.05, 0.1) is 5.56 Å². The lowest BCUT2D eigenvalue weighted by molar-refractivity contribution is 0.111. The van der Waals surface area contributed by atoms with Crippen molar-refractivity contribution in [3.8, 4) is 0 Å². The molecule has 1 heterocycles. The molecule has 2 rings (SSSR count). The molecule has 0 aliphatic rings. The zero-order valence-corrected chi connectivity index (χ0v) is 17.6. The number of rotatable bonds is 8. The first-order chi connectivity index (χ1) is 12.6. The summed E-state index contributed by atoms with van der Waals surface area (Å²) in [6.45, 7) is 8.56. The topological polar surface area (TPSA) is 106 Å². The van der Waals surface area contributed by atoms with Gasteiger partial charge in [0.1, 0.15) is 6.73 Å². The highest BCUT2D eigenvalue weighted by atomic mass is 32.2. The number of nitrogens with zero attached hydrogens (tertiary/aromatic N) is 1. The van der Waals surface area contributed by atoms with E-state index < -0.39 is 23.2 Å². The van der Waals surface area contributed by atoms with Crippen molar-refractivity contribution in [1.82, 2.24) is 4.98 Å². The van der Waals surface area contributed by atoms with Crippen LogP contribution in [-0.2, 0) is 14.9 Å². The number of pyridine rings is 1. The first kappa shape index (κ1) is 23.0. The number of ether oxygens (including phenoxy) is 1. The Labute approximate surface area is 161 Å². The molecule has 0 radical (unpaired) electrons. The third-order valence-corrected chi connectivity index (χ3v) is 5.85. The van der Waals surface area contributed by atoms with Gasteiger partial charge in [0, 0.05) is 26.6 Å². The van der Waals surface area contributed by atoms with E-state index in [1.54, 1.807) is 0 Å². The fourth-order valence-electron chi connectivity index (χ4n) is 1.85. The molecule has 148 valence electrons. The van der Waals surface area contributed by atoms with Crippen LogP contribution in [0.15, 0.2) is 53.7 Å². The lowest BCUT2D eigenvalue weighted by Gasteiger charge is -2.15. The molecule has 0 unspecified atom stereocenters. The molecule has 9 heteroatoms. The van der Waals surface area contributed by atoms with Crippen molar-refractivity contribution in [2.45, 2.75) is 30.7 Å². The fourth-order valence-corrected chi connectivity index (χ4v) is 3.21. The van der Waals surface area contributed by atoms with E-state index in [1.807, 2.05) is 30.3 Å². The Kier molecular flexibility index (Phi) is 9.29. The molecule has 7 nitrogen and oxygen atoms in total. The lowest BCUT2D eigenvalue weighted by Crippen LogP contribution is -2.22. The van der Waals surface area contributed by atoms with Crippen LogP contribution in [-0.4, -0.2) is 45.7 Å². The van der Waals surface area contributed by atoms with Crippen molar-refractivity contribution in [3.05, 3.63) is 54.2 Å². The van der Waals surface area contributed by atoms with Crippen LogP contribution < -0.4 is 5.32 Å². The number of benzene rings is 1. The summed E-state index contributed by atoms with van der Waals surface area (Å²) in [5, 5.41) is 2.61. The molecule has 2 N–H and O–H groups in total. The highest BCUT2D eigenvalue weighted by Gasteiger charge is 2.15. The van der Waals surface area contributed by atoms with Crippen molar-refractivity contribution in [3.63, 3.8) is 0 Å². The van der Waals surface area contributed by atoms with E-state index in [4.69, 9.17) is 9.29 Å². The van der Waals surface area contributed by atoms with Crippen LogP contribution in [0.1, 0.15) is 10.4 Å². The minimum absolute atomic E-state index is 0.153. The molecule has 1 aromatic carbocycles. The van der Waals surface area contributed by atoms with Gasteiger partial charge in [-0.3, -0.25) is 9.35 Å². The Morgan fingerprint density at radius 2 is 1.81 bits per heavy atom. The average molecular weight is 411 g/mol. The molecule has 0 saturated heterocycles. The fraction of sp³-hybridized carbons (Fsp3) is 0.333. The maximum atomic E-state index is 10.5. The van der Waals surface area contributed by atoms with E-state index in [1.165, 1.54) is 24.4 Å². The summed E-state index contributed by atoms with van der Waals surface area (Å²) in [5.41, 5.74) is 0.963. The second-order valence-corrected chi connectivity index (χ2v) is 13.9. The van der Waals surface area contributed by atoms with E-state index in [0.717, 1.165) is 12.3 Å². The normalized spacial score (nSPS) is 11.3. The van der Waals surface area contributed by atoms with Gasteiger partial charge in [0.25, 0.3) is 0 Å². The Balaban J connectivity index is 0.000000277. The molecule has 1 aromatic heterocycles. The number of nitrogens with one attached hydrogen (secondary N) is 1. The number of carbonyl (C=O) groups is 1. The second kappa shape index (κ2) is 10.9. The maximum absolute atomic E-state index is 10.5. The number of hydrogen-bond donors (Lipinski definition) is 2. The van der Waals surface area contributed by atoms with Gasteiger partial charge in [-0.1, -0.05) is 37.8 Å². The number of carbonyl (C=O) groups excluding carboxylic acids is 1. The first-order valence-corrected chi connectivity index (χ1v) is 13.5. The summed E-state index contributed by atoms with van der Waals surface area (Å²) < 4.78 is 35.2. The van der Waals surface area contributed by atoms with Crippen molar-refractivity contribution < 1.29 is 22.5 Å². The highest BCUT2D eigenvalue weighted by molar-refractivity contribution is 7.85. The van der Waals surface area contributed by atoms with Gasteiger partial charge < -0.3 is 10.1 Å². The molecule has 2 aromatic rings. The van der Waals surface area contributed by atoms with E-state index in [-0.39, 0.29) is 5.56 Å². The van der Waals surface area contributed by atoms with Crippen LogP contribution in [0.3, 0.4) is 0 Å². The number of hydrogen-bond acceptors (Lipinski definition) is 6. The maximum Gasteiger partial charge on any atom is 0.312 e. The van der Waals surface area contributed by atoms with E-state index in [0.29, 0.717) is 13.0 Å². The van der Waals surface area contributed by atoms with Crippen LogP contribution in [0.4, 0.5) is 5.69 Å². The van der Waals surface area contributed by atoms with Gasteiger partial charge in [-0.25, -0.2) is 4.98 Å². The summed E-state index contributed by atoms with van der Waals surface area (Å²) in [5.74, 6) is 0. The molecule has 27 heavy (non-hydrogen) atoms. The molecule has 0 aliphatic carbocycles. The van der Waals surface area contributed by atoms with Gasteiger partial charge in [-0.05, 0) is 30.3 Å². The summed E-state index contributed by atoms with van der Waals surface area (Å²) in [7, 11) is -5.33. The Morgan fingerprint density at radius 1 is 1.15 bits per heavy atom. The summed E-state index contributed by atoms with van der Waals surface area (Å²) in [6.07, 6.45) is 1.49. The summed E-state index contributed by atoms with van der Waals surface area (Å²) in [6, 6.07) is 14.0. The van der Waals surface area contributed by atoms with Crippen molar-refractivity contribution >= 4 is 30.2 Å². The van der Waals surface area contributed by atoms with Crippen molar-refractivity contribution in [1.29, 1.82) is 0 Å². The monoisotopic (exact) mass is 410 g/mol. The predicted molar refractivity (Wildman–Crippen MR) is 108 cm³/mol. The Hall–Kier alpha value is -2.07. The molecular formula is C18H26N2O5SSi. The molecular weight excluding hydrogens is 384 g/mol. The number of para-hydroxylation sites is 1. The average Bonchev–Trinajstić information content (AvgIpc) is 2.61. The second-order valence-electron chi connectivity index (χ2n) is 6.90. The van der Waals surface area contributed by atoms with Crippen LogP contribution in [0.2, 0.25) is 25.7 Å². The summed E-state index contributed by atoms with van der Waals surface area (Å²) in [4.78, 5) is 13.6. The van der Waals surface area contributed by atoms with Gasteiger partial charge in [0.2, 0.25) is 0 Å².